The highest BCUT2D eigenvalue weighted by Gasteiger charge is 2.20. The minimum absolute atomic E-state index is 0.406. The maximum absolute atomic E-state index is 4.39. The molecule has 1 aliphatic heterocycles. The van der Waals surface area contributed by atoms with Crippen LogP contribution >= 0.6 is 11.3 Å². The normalized spacial score (nSPS) is 18.5. The van der Waals surface area contributed by atoms with Gasteiger partial charge in [-0.25, -0.2) is 4.98 Å². The number of guanidine groups is 1. The van der Waals surface area contributed by atoms with Crippen molar-refractivity contribution in [2.24, 2.45) is 4.99 Å². The summed E-state index contributed by atoms with van der Waals surface area (Å²) in [5, 5.41) is 8.01. The molecule has 0 saturated carbocycles. The summed E-state index contributed by atoms with van der Waals surface area (Å²) in [5.41, 5.74) is 1.30. The van der Waals surface area contributed by atoms with Gasteiger partial charge in [-0.1, -0.05) is 18.2 Å². The summed E-state index contributed by atoms with van der Waals surface area (Å²) in [4.78, 5) is 12.4. The van der Waals surface area contributed by atoms with Crippen LogP contribution in [0.25, 0.3) is 0 Å². The number of aliphatic imine (C=N–C) groups is 1. The predicted molar refractivity (Wildman–Crippen MR) is 102 cm³/mol. The van der Waals surface area contributed by atoms with E-state index in [2.05, 4.69) is 62.8 Å². The van der Waals surface area contributed by atoms with Gasteiger partial charge in [-0.3, -0.25) is 4.99 Å². The molecule has 1 saturated heterocycles. The first-order chi connectivity index (χ1) is 11.7. The summed E-state index contributed by atoms with van der Waals surface area (Å²) in [7, 11) is 1.82. The van der Waals surface area contributed by atoms with Gasteiger partial charge in [0.15, 0.2) is 5.96 Å². The number of anilines is 1. The number of hydrogen-bond donors (Lipinski definition) is 2. The first-order valence-corrected chi connectivity index (χ1v) is 9.25. The lowest BCUT2D eigenvalue weighted by Gasteiger charge is -2.35. The number of piperidine rings is 1. The molecule has 3 rings (SSSR count). The lowest BCUT2D eigenvalue weighted by atomic mass is 10.1. The summed E-state index contributed by atoms with van der Waals surface area (Å²) in [6.45, 7) is 4.91. The topological polar surface area (TPSA) is 52.6 Å². The molecule has 0 spiro atoms. The second-order valence-corrected chi connectivity index (χ2v) is 7.37. The van der Waals surface area contributed by atoms with E-state index in [-0.39, 0.29) is 0 Å². The average molecular weight is 344 g/mol. The number of aromatic nitrogens is 1. The van der Waals surface area contributed by atoms with Gasteiger partial charge in [0, 0.05) is 42.9 Å². The number of para-hydroxylation sites is 1. The van der Waals surface area contributed by atoms with Gasteiger partial charge >= 0.3 is 0 Å². The third kappa shape index (κ3) is 4.47. The molecule has 2 aromatic rings. The number of hydrogen-bond acceptors (Lipinski definition) is 4. The standard InChI is InChI=1S/C18H25N5S/c1-14-11-20-17(24-14)12-21-18(19-2)22-15-7-6-10-23(13-15)16-8-4-3-5-9-16/h3-5,8-9,11,15H,6-7,10,12-13H2,1-2H3,(H2,19,21,22). The first kappa shape index (κ1) is 16.8. The molecule has 1 fully saturated rings. The molecule has 128 valence electrons. The van der Waals surface area contributed by atoms with E-state index in [0.717, 1.165) is 24.1 Å². The predicted octanol–water partition coefficient (Wildman–Crippen LogP) is 2.79. The van der Waals surface area contributed by atoms with Crippen LogP contribution in [0.3, 0.4) is 0 Å². The highest BCUT2D eigenvalue weighted by Crippen LogP contribution is 2.19. The van der Waals surface area contributed by atoms with Crippen molar-refractivity contribution in [2.45, 2.75) is 32.4 Å². The van der Waals surface area contributed by atoms with Gasteiger partial charge in [0.1, 0.15) is 5.01 Å². The number of thiazole rings is 1. The molecule has 0 amide bonds. The zero-order valence-electron chi connectivity index (χ0n) is 14.3. The number of nitrogens with one attached hydrogen (secondary N) is 2. The molecule has 0 radical (unpaired) electrons. The van der Waals surface area contributed by atoms with Gasteiger partial charge in [-0.15, -0.1) is 11.3 Å². The van der Waals surface area contributed by atoms with Gasteiger partial charge in [0.05, 0.1) is 6.54 Å². The van der Waals surface area contributed by atoms with E-state index >= 15 is 0 Å². The van der Waals surface area contributed by atoms with Crippen molar-refractivity contribution in [2.75, 3.05) is 25.0 Å². The number of rotatable bonds is 4. The van der Waals surface area contributed by atoms with Crippen molar-refractivity contribution in [3.8, 4) is 0 Å². The zero-order chi connectivity index (χ0) is 16.8. The Morgan fingerprint density at radius 3 is 2.92 bits per heavy atom. The number of aryl methyl sites for hydroxylation is 1. The molecule has 1 atom stereocenters. The molecule has 5 nitrogen and oxygen atoms in total. The van der Waals surface area contributed by atoms with Crippen LogP contribution in [-0.2, 0) is 6.54 Å². The Kier molecular flexibility index (Phi) is 5.69. The summed E-state index contributed by atoms with van der Waals surface area (Å²) >= 11 is 1.72. The largest absolute Gasteiger partial charge is 0.369 e. The molecule has 0 bridgehead atoms. The fraction of sp³-hybridized carbons (Fsp3) is 0.444. The van der Waals surface area contributed by atoms with E-state index < -0.39 is 0 Å². The molecule has 24 heavy (non-hydrogen) atoms. The number of nitrogens with zero attached hydrogens (tertiary/aromatic N) is 3. The lowest BCUT2D eigenvalue weighted by Crippen LogP contribution is -2.51. The molecule has 2 N–H and O–H groups in total. The van der Waals surface area contributed by atoms with Gasteiger partial charge in [-0.05, 0) is 31.9 Å². The van der Waals surface area contributed by atoms with Crippen molar-refractivity contribution in [1.82, 2.24) is 15.6 Å². The van der Waals surface area contributed by atoms with Crippen LogP contribution in [0.5, 0.6) is 0 Å². The summed E-state index contributed by atoms with van der Waals surface area (Å²) in [6.07, 6.45) is 4.27. The Hall–Kier alpha value is -2.08. The second-order valence-electron chi connectivity index (χ2n) is 6.06. The maximum atomic E-state index is 4.39. The van der Waals surface area contributed by atoms with Gasteiger partial charge in [0.2, 0.25) is 0 Å². The van der Waals surface area contributed by atoms with E-state index in [1.165, 1.54) is 23.4 Å². The van der Waals surface area contributed by atoms with Crippen LogP contribution in [-0.4, -0.2) is 37.1 Å². The van der Waals surface area contributed by atoms with Crippen molar-refractivity contribution < 1.29 is 0 Å². The highest BCUT2D eigenvalue weighted by molar-refractivity contribution is 7.11. The van der Waals surface area contributed by atoms with E-state index in [1.807, 2.05) is 13.2 Å². The summed E-state index contributed by atoms with van der Waals surface area (Å²) in [6, 6.07) is 11.0. The summed E-state index contributed by atoms with van der Waals surface area (Å²) < 4.78 is 0. The molecule has 2 heterocycles. The first-order valence-electron chi connectivity index (χ1n) is 8.43. The smallest absolute Gasteiger partial charge is 0.191 e. The molecule has 1 aromatic heterocycles. The minimum atomic E-state index is 0.406. The van der Waals surface area contributed by atoms with Gasteiger partial charge in [0.25, 0.3) is 0 Å². The zero-order valence-corrected chi connectivity index (χ0v) is 15.1. The Balaban J connectivity index is 1.53. The van der Waals surface area contributed by atoms with E-state index in [0.29, 0.717) is 12.6 Å². The molecule has 0 aliphatic carbocycles. The van der Waals surface area contributed by atoms with Crippen LogP contribution in [0.15, 0.2) is 41.5 Å². The van der Waals surface area contributed by atoms with Crippen LogP contribution in [0.2, 0.25) is 0 Å². The van der Waals surface area contributed by atoms with Gasteiger partial charge in [-0.2, -0.15) is 0 Å². The molecule has 6 heteroatoms. The third-order valence-electron chi connectivity index (χ3n) is 4.18. The summed E-state index contributed by atoms with van der Waals surface area (Å²) in [5.74, 6) is 0.850. The van der Waals surface area contributed by atoms with Crippen molar-refractivity contribution >= 4 is 23.0 Å². The maximum Gasteiger partial charge on any atom is 0.191 e. The van der Waals surface area contributed by atoms with Crippen LogP contribution in [0.1, 0.15) is 22.7 Å². The SMILES string of the molecule is CN=C(NCc1ncc(C)s1)NC1CCCN(c2ccccc2)C1. The number of benzene rings is 1. The van der Waals surface area contributed by atoms with Crippen LogP contribution in [0, 0.1) is 6.92 Å². The third-order valence-corrected chi connectivity index (χ3v) is 5.10. The molecular formula is C18H25N5S. The quantitative estimate of drug-likeness (QED) is 0.662. The van der Waals surface area contributed by atoms with Crippen LogP contribution in [0.4, 0.5) is 5.69 Å². The Labute approximate surface area is 147 Å². The monoisotopic (exact) mass is 343 g/mol. The molecule has 1 aromatic carbocycles. The van der Waals surface area contributed by atoms with Crippen LogP contribution < -0.4 is 15.5 Å². The van der Waals surface area contributed by atoms with E-state index in [1.54, 1.807) is 11.3 Å². The van der Waals surface area contributed by atoms with E-state index in [9.17, 15) is 0 Å². The van der Waals surface area contributed by atoms with Crippen molar-refractivity contribution in [3.63, 3.8) is 0 Å². The average Bonchev–Trinajstić information content (AvgIpc) is 3.05. The van der Waals surface area contributed by atoms with Crippen molar-refractivity contribution in [1.29, 1.82) is 0 Å². The molecular weight excluding hydrogens is 318 g/mol. The fourth-order valence-electron chi connectivity index (χ4n) is 3.00. The molecule has 1 aliphatic rings. The Morgan fingerprint density at radius 2 is 2.21 bits per heavy atom. The van der Waals surface area contributed by atoms with Gasteiger partial charge < -0.3 is 15.5 Å². The fourth-order valence-corrected chi connectivity index (χ4v) is 3.73. The van der Waals surface area contributed by atoms with Crippen molar-refractivity contribution in [3.05, 3.63) is 46.4 Å². The highest BCUT2D eigenvalue weighted by atomic mass is 32.1. The Bertz CT molecular complexity index is 667. The lowest BCUT2D eigenvalue weighted by molar-refractivity contribution is 0.468. The minimum Gasteiger partial charge on any atom is -0.369 e. The van der Waals surface area contributed by atoms with E-state index in [4.69, 9.17) is 0 Å². The Morgan fingerprint density at radius 1 is 1.38 bits per heavy atom. The molecule has 1 unspecified atom stereocenters. The second kappa shape index (κ2) is 8.15.